The van der Waals surface area contributed by atoms with E-state index < -0.39 is 0 Å². The van der Waals surface area contributed by atoms with Gasteiger partial charge in [-0.1, -0.05) is 12.1 Å². The summed E-state index contributed by atoms with van der Waals surface area (Å²) in [6.45, 7) is 3.95. The standard InChI is InChI=1S/C16H20N2O/c1-13-11-17-10-8-15(13)12-18-9-7-14-3-5-16(19-2)6-4-14/h3-6,8,10-11,18H,7,9,12H2,1-2H3. The number of aryl methyl sites for hydroxylation is 1. The van der Waals surface area contributed by atoms with Crippen LogP contribution in [0.1, 0.15) is 16.7 Å². The van der Waals surface area contributed by atoms with E-state index in [-0.39, 0.29) is 0 Å². The average molecular weight is 256 g/mol. The highest BCUT2D eigenvalue weighted by Gasteiger charge is 1.98. The van der Waals surface area contributed by atoms with E-state index in [2.05, 4.69) is 35.4 Å². The first-order chi connectivity index (χ1) is 9.29. The third-order valence-electron chi connectivity index (χ3n) is 3.20. The zero-order valence-corrected chi connectivity index (χ0v) is 11.5. The average Bonchev–Trinajstić information content (AvgIpc) is 2.46. The van der Waals surface area contributed by atoms with Crippen molar-refractivity contribution in [1.82, 2.24) is 10.3 Å². The maximum absolute atomic E-state index is 5.14. The molecule has 3 nitrogen and oxygen atoms in total. The van der Waals surface area contributed by atoms with Gasteiger partial charge in [0.15, 0.2) is 0 Å². The van der Waals surface area contributed by atoms with Gasteiger partial charge in [0.05, 0.1) is 7.11 Å². The second kappa shape index (κ2) is 6.90. The highest BCUT2D eigenvalue weighted by atomic mass is 16.5. The quantitative estimate of drug-likeness (QED) is 0.807. The fourth-order valence-electron chi connectivity index (χ4n) is 1.95. The van der Waals surface area contributed by atoms with Gasteiger partial charge in [-0.25, -0.2) is 0 Å². The molecule has 0 aliphatic heterocycles. The van der Waals surface area contributed by atoms with Gasteiger partial charge in [0, 0.05) is 18.9 Å². The summed E-state index contributed by atoms with van der Waals surface area (Å²) in [6, 6.07) is 10.3. The fourth-order valence-corrected chi connectivity index (χ4v) is 1.95. The van der Waals surface area contributed by atoms with Crippen molar-refractivity contribution in [2.45, 2.75) is 19.9 Å². The number of rotatable bonds is 6. The molecule has 0 spiro atoms. The second-order valence-electron chi connectivity index (χ2n) is 4.58. The molecule has 1 aromatic heterocycles. The van der Waals surface area contributed by atoms with Crippen molar-refractivity contribution in [3.63, 3.8) is 0 Å². The number of benzene rings is 1. The van der Waals surface area contributed by atoms with Gasteiger partial charge < -0.3 is 10.1 Å². The Morgan fingerprint density at radius 2 is 1.95 bits per heavy atom. The Hall–Kier alpha value is -1.87. The van der Waals surface area contributed by atoms with Gasteiger partial charge >= 0.3 is 0 Å². The van der Waals surface area contributed by atoms with Crippen LogP contribution in [-0.4, -0.2) is 18.6 Å². The number of nitrogens with zero attached hydrogens (tertiary/aromatic N) is 1. The molecule has 0 aliphatic carbocycles. The number of hydrogen-bond acceptors (Lipinski definition) is 3. The molecule has 0 bridgehead atoms. The SMILES string of the molecule is COc1ccc(CCNCc2ccncc2C)cc1. The Bertz CT molecular complexity index is 508. The minimum Gasteiger partial charge on any atom is -0.497 e. The highest BCUT2D eigenvalue weighted by molar-refractivity contribution is 5.27. The predicted octanol–water partition coefficient (Wildman–Crippen LogP) is 2.73. The summed E-state index contributed by atoms with van der Waals surface area (Å²) in [5.41, 5.74) is 3.86. The zero-order valence-electron chi connectivity index (χ0n) is 11.5. The molecule has 3 heteroatoms. The Kier molecular flexibility index (Phi) is 4.93. The van der Waals surface area contributed by atoms with Gasteiger partial charge in [-0.15, -0.1) is 0 Å². The summed E-state index contributed by atoms with van der Waals surface area (Å²) in [5, 5.41) is 3.46. The van der Waals surface area contributed by atoms with Crippen molar-refractivity contribution in [3.05, 3.63) is 59.4 Å². The largest absolute Gasteiger partial charge is 0.497 e. The summed E-state index contributed by atoms with van der Waals surface area (Å²) < 4.78 is 5.14. The number of ether oxygens (including phenoxy) is 1. The minimum absolute atomic E-state index is 0.893. The van der Waals surface area contributed by atoms with Crippen molar-refractivity contribution >= 4 is 0 Å². The number of pyridine rings is 1. The third-order valence-corrected chi connectivity index (χ3v) is 3.20. The van der Waals surface area contributed by atoms with Crippen LogP contribution in [0.2, 0.25) is 0 Å². The Balaban J connectivity index is 1.76. The molecule has 0 fully saturated rings. The molecule has 19 heavy (non-hydrogen) atoms. The molecule has 2 aromatic rings. The summed E-state index contributed by atoms with van der Waals surface area (Å²) >= 11 is 0. The van der Waals surface area contributed by atoms with Gasteiger partial charge in [0.2, 0.25) is 0 Å². The summed E-state index contributed by atoms with van der Waals surface area (Å²) in [7, 11) is 1.69. The van der Waals surface area contributed by atoms with Gasteiger partial charge in [0.25, 0.3) is 0 Å². The summed E-state index contributed by atoms with van der Waals surface area (Å²) in [5.74, 6) is 0.907. The van der Waals surface area contributed by atoms with Crippen LogP contribution in [-0.2, 0) is 13.0 Å². The molecule has 0 unspecified atom stereocenters. The fraction of sp³-hybridized carbons (Fsp3) is 0.312. The van der Waals surface area contributed by atoms with Crippen LogP contribution in [0.5, 0.6) is 5.75 Å². The van der Waals surface area contributed by atoms with Crippen molar-refractivity contribution in [3.8, 4) is 5.75 Å². The first-order valence-corrected chi connectivity index (χ1v) is 6.53. The molecule has 1 N–H and O–H groups in total. The lowest BCUT2D eigenvalue weighted by molar-refractivity contribution is 0.414. The number of hydrogen-bond donors (Lipinski definition) is 1. The van der Waals surface area contributed by atoms with Crippen LogP contribution in [0.3, 0.4) is 0 Å². The van der Waals surface area contributed by atoms with E-state index in [9.17, 15) is 0 Å². The molecule has 100 valence electrons. The van der Waals surface area contributed by atoms with Crippen LogP contribution in [0, 0.1) is 6.92 Å². The molecular weight excluding hydrogens is 236 g/mol. The molecule has 0 amide bonds. The third kappa shape index (κ3) is 4.07. The first-order valence-electron chi connectivity index (χ1n) is 6.53. The maximum atomic E-state index is 5.14. The summed E-state index contributed by atoms with van der Waals surface area (Å²) in [4.78, 5) is 4.10. The van der Waals surface area contributed by atoms with Crippen LogP contribution in [0.15, 0.2) is 42.7 Å². The van der Waals surface area contributed by atoms with E-state index >= 15 is 0 Å². The van der Waals surface area contributed by atoms with E-state index in [1.807, 2.05) is 24.5 Å². The molecule has 0 saturated carbocycles. The molecule has 0 saturated heterocycles. The van der Waals surface area contributed by atoms with E-state index in [0.29, 0.717) is 0 Å². The maximum Gasteiger partial charge on any atom is 0.118 e. The van der Waals surface area contributed by atoms with Crippen LogP contribution >= 0.6 is 0 Å². The number of methoxy groups -OCH3 is 1. The predicted molar refractivity (Wildman–Crippen MR) is 77.4 cm³/mol. The number of aromatic nitrogens is 1. The van der Waals surface area contributed by atoms with Gasteiger partial charge in [0.1, 0.15) is 5.75 Å². The smallest absolute Gasteiger partial charge is 0.118 e. The van der Waals surface area contributed by atoms with Gasteiger partial charge in [-0.2, -0.15) is 0 Å². The Morgan fingerprint density at radius 1 is 1.16 bits per heavy atom. The zero-order chi connectivity index (χ0) is 13.5. The molecule has 2 rings (SSSR count). The lowest BCUT2D eigenvalue weighted by Gasteiger charge is -2.07. The van der Waals surface area contributed by atoms with Crippen molar-refractivity contribution in [2.75, 3.05) is 13.7 Å². The summed E-state index contributed by atoms with van der Waals surface area (Å²) in [6.07, 6.45) is 4.77. The molecule has 1 aromatic carbocycles. The van der Waals surface area contributed by atoms with Gasteiger partial charge in [-0.3, -0.25) is 4.98 Å². The Morgan fingerprint density at radius 3 is 2.63 bits per heavy atom. The van der Waals surface area contributed by atoms with Crippen molar-refractivity contribution in [2.24, 2.45) is 0 Å². The molecule has 0 radical (unpaired) electrons. The van der Waals surface area contributed by atoms with Crippen LogP contribution < -0.4 is 10.1 Å². The van der Waals surface area contributed by atoms with E-state index in [4.69, 9.17) is 4.74 Å². The lowest BCUT2D eigenvalue weighted by atomic mass is 10.1. The van der Waals surface area contributed by atoms with E-state index in [0.717, 1.165) is 25.3 Å². The molecule has 0 aliphatic rings. The van der Waals surface area contributed by atoms with E-state index in [1.165, 1.54) is 16.7 Å². The molecular formula is C16H20N2O. The monoisotopic (exact) mass is 256 g/mol. The minimum atomic E-state index is 0.893. The van der Waals surface area contributed by atoms with E-state index in [1.54, 1.807) is 7.11 Å². The van der Waals surface area contributed by atoms with Gasteiger partial charge in [-0.05, 0) is 54.8 Å². The molecule has 0 atom stereocenters. The normalized spacial score (nSPS) is 10.4. The Labute approximate surface area is 114 Å². The number of nitrogens with one attached hydrogen (secondary N) is 1. The van der Waals surface area contributed by atoms with Crippen molar-refractivity contribution < 1.29 is 4.74 Å². The lowest BCUT2D eigenvalue weighted by Crippen LogP contribution is -2.17. The van der Waals surface area contributed by atoms with Crippen LogP contribution in [0.4, 0.5) is 0 Å². The topological polar surface area (TPSA) is 34.1 Å². The highest BCUT2D eigenvalue weighted by Crippen LogP contribution is 2.11. The van der Waals surface area contributed by atoms with Crippen molar-refractivity contribution in [1.29, 1.82) is 0 Å². The van der Waals surface area contributed by atoms with Crippen LogP contribution in [0.25, 0.3) is 0 Å². The molecule has 1 heterocycles. The first kappa shape index (κ1) is 13.6. The second-order valence-corrected chi connectivity index (χ2v) is 4.58.